The van der Waals surface area contributed by atoms with E-state index in [1.165, 1.54) is 132 Å². The zero-order chi connectivity index (χ0) is 42.6. The van der Waals surface area contributed by atoms with Crippen molar-refractivity contribution in [2.24, 2.45) is 0 Å². The van der Waals surface area contributed by atoms with Gasteiger partial charge in [0, 0.05) is 16.2 Å². The molecular weight excluding hydrogens is 757 g/mol. The fourth-order valence-electron chi connectivity index (χ4n) is 12.5. The zero-order valence-electron chi connectivity index (χ0n) is 36.8. The molecule has 13 rings (SSSR count). The Morgan fingerprint density at radius 2 is 0.730 bits per heavy atom. The molecule has 0 aromatic heterocycles. The van der Waals surface area contributed by atoms with Crippen molar-refractivity contribution in [3.8, 4) is 66.8 Å². The van der Waals surface area contributed by atoms with E-state index in [0.717, 1.165) is 0 Å². The molecule has 10 aromatic carbocycles. The Morgan fingerprint density at radius 1 is 0.254 bits per heavy atom. The molecule has 0 atom stereocenters. The summed E-state index contributed by atoms with van der Waals surface area (Å²) in [6.45, 7) is 14.5. The van der Waals surface area contributed by atoms with Crippen LogP contribution in [0.1, 0.15) is 74.9 Å². The van der Waals surface area contributed by atoms with E-state index in [-0.39, 0.29) is 16.2 Å². The van der Waals surface area contributed by atoms with Crippen molar-refractivity contribution in [3.63, 3.8) is 0 Å². The van der Waals surface area contributed by atoms with Crippen LogP contribution in [0.5, 0.6) is 0 Å². The lowest BCUT2D eigenvalue weighted by Crippen LogP contribution is -2.18. The van der Waals surface area contributed by atoms with Crippen LogP contribution in [0.2, 0.25) is 0 Å². The summed E-state index contributed by atoms with van der Waals surface area (Å²) in [5.74, 6) is 0. The van der Waals surface area contributed by atoms with Crippen molar-refractivity contribution in [2.45, 2.75) is 57.8 Å². The minimum atomic E-state index is -0.153. The zero-order valence-corrected chi connectivity index (χ0v) is 36.8. The Hall–Kier alpha value is -7.02. The molecule has 0 spiro atoms. The van der Waals surface area contributed by atoms with Crippen LogP contribution >= 0.6 is 0 Å². The van der Waals surface area contributed by atoms with Crippen molar-refractivity contribution < 1.29 is 0 Å². The van der Waals surface area contributed by atoms with E-state index in [2.05, 4.69) is 224 Å². The van der Waals surface area contributed by atoms with E-state index in [1.54, 1.807) is 0 Å². The minimum Gasteiger partial charge on any atom is -0.0619 e. The van der Waals surface area contributed by atoms with E-state index in [9.17, 15) is 0 Å². The van der Waals surface area contributed by atoms with Gasteiger partial charge < -0.3 is 0 Å². The van der Waals surface area contributed by atoms with Gasteiger partial charge in [-0.2, -0.15) is 0 Å². The first kappa shape index (κ1) is 36.6. The molecule has 0 nitrogen and oxygen atoms in total. The third kappa shape index (κ3) is 4.82. The van der Waals surface area contributed by atoms with Crippen LogP contribution < -0.4 is 0 Å². The summed E-state index contributed by atoms with van der Waals surface area (Å²) in [6, 6.07) is 69.3. The van der Waals surface area contributed by atoms with Gasteiger partial charge >= 0.3 is 0 Å². The Morgan fingerprint density at radius 3 is 1.48 bits per heavy atom. The Labute approximate surface area is 370 Å². The average molecular weight is 805 g/mol. The van der Waals surface area contributed by atoms with E-state index >= 15 is 0 Å². The maximum Gasteiger partial charge on any atom is 0.0165 e. The van der Waals surface area contributed by atoms with Crippen LogP contribution in [0.15, 0.2) is 182 Å². The minimum absolute atomic E-state index is 0.0173. The van der Waals surface area contributed by atoms with Gasteiger partial charge in [-0.1, -0.05) is 205 Å². The van der Waals surface area contributed by atoms with E-state index in [4.69, 9.17) is 0 Å². The summed E-state index contributed by atoms with van der Waals surface area (Å²) >= 11 is 0. The molecule has 0 amide bonds. The van der Waals surface area contributed by atoms with Gasteiger partial charge in [-0.05, 0) is 151 Å². The molecule has 3 aliphatic rings. The first-order chi connectivity index (χ1) is 30.5. The van der Waals surface area contributed by atoms with Crippen LogP contribution in [0.4, 0.5) is 0 Å². The summed E-state index contributed by atoms with van der Waals surface area (Å²) in [4.78, 5) is 0. The first-order valence-corrected chi connectivity index (χ1v) is 22.7. The van der Waals surface area contributed by atoms with Gasteiger partial charge in [0.05, 0.1) is 0 Å². The molecule has 10 aromatic rings. The monoisotopic (exact) mass is 804 g/mol. The van der Waals surface area contributed by atoms with E-state index < -0.39 is 0 Å². The van der Waals surface area contributed by atoms with E-state index in [0.29, 0.717) is 0 Å². The third-order valence-corrected chi connectivity index (χ3v) is 15.6. The Kier molecular flexibility index (Phi) is 7.29. The summed E-state index contributed by atoms with van der Waals surface area (Å²) in [7, 11) is 0. The third-order valence-electron chi connectivity index (χ3n) is 15.6. The van der Waals surface area contributed by atoms with Crippen LogP contribution in [0.3, 0.4) is 0 Å². The van der Waals surface area contributed by atoms with E-state index in [1.807, 2.05) is 0 Å². The van der Waals surface area contributed by atoms with Crippen LogP contribution in [0, 0.1) is 0 Å². The molecule has 0 fully saturated rings. The highest BCUT2D eigenvalue weighted by molar-refractivity contribution is 6.23. The smallest absolute Gasteiger partial charge is 0.0165 e. The molecule has 0 N–H and O–H groups in total. The van der Waals surface area contributed by atoms with Gasteiger partial charge in [-0.25, -0.2) is 0 Å². The van der Waals surface area contributed by atoms with Crippen molar-refractivity contribution in [1.29, 1.82) is 0 Å². The van der Waals surface area contributed by atoms with Crippen LogP contribution in [-0.2, 0) is 16.2 Å². The maximum atomic E-state index is 2.51. The second-order valence-corrected chi connectivity index (χ2v) is 20.0. The standard InChI is InChI=1S/C63H48/c1-61(2)52-25-14-13-23-50(52)59-54(61)33-31-49-42-29-26-39(35-56(42)63(5,6)60(49)59)38-28-32-53-51(34-38)43-30-27-40(36-55(43)62(53,3)4)57-45-19-9-11-21-47(45)58(48-22-12-10-20-46(48)57)44-24-15-17-37-16-7-8-18-41(37)44/h7-36H,1-6H3. The van der Waals surface area contributed by atoms with Gasteiger partial charge in [0.15, 0.2) is 0 Å². The number of rotatable bonds is 3. The Bertz CT molecular complexity index is 3580. The quantitative estimate of drug-likeness (QED) is 0.156. The number of fused-ring (bicyclic) bond motifs is 13. The molecule has 0 aliphatic heterocycles. The molecule has 0 heterocycles. The molecular formula is C63H48. The lowest BCUT2D eigenvalue weighted by molar-refractivity contribution is 0.647. The lowest BCUT2D eigenvalue weighted by atomic mass is 9.76. The van der Waals surface area contributed by atoms with Gasteiger partial charge in [0.2, 0.25) is 0 Å². The van der Waals surface area contributed by atoms with Gasteiger partial charge in [0.1, 0.15) is 0 Å². The van der Waals surface area contributed by atoms with Crippen molar-refractivity contribution >= 4 is 32.3 Å². The van der Waals surface area contributed by atoms with Gasteiger partial charge in [0.25, 0.3) is 0 Å². The number of hydrogen-bond donors (Lipinski definition) is 0. The summed E-state index contributed by atoms with van der Waals surface area (Å²) < 4.78 is 0. The summed E-state index contributed by atoms with van der Waals surface area (Å²) in [5.41, 5.74) is 24.3. The molecule has 0 saturated heterocycles. The fraction of sp³-hybridized carbons (Fsp3) is 0.143. The lowest BCUT2D eigenvalue weighted by Gasteiger charge is -2.26. The molecule has 0 bridgehead atoms. The van der Waals surface area contributed by atoms with Crippen molar-refractivity contribution in [1.82, 2.24) is 0 Å². The predicted octanol–water partition coefficient (Wildman–Crippen LogP) is 17.1. The second-order valence-electron chi connectivity index (χ2n) is 20.0. The highest BCUT2D eigenvalue weighted by Gasteiger charge is 2.44. The fourth-order valence-corrected chi connectivity index (χ4v) is 12.5. The SMILES string of the molecule is CC1(C)c2ccc(-c3ccc4c(c3)C(C)(C)c3c-4ccc4c3-c3ccccc3C4(C)C)cc2-c2ccc(-c3c4ccccc4c(-c4cccc5ccccc45)c4ccccc34)cc21. The summed E-state index contributed by atoms with van der Waals surface area (Å²) in [5, 5.41) is 7.69. The number of hydrogen-bond acceptors (Lipinski definition) is 0. The predicted molar refractivity (Wildman–Crippen MR) is 268 cm³/mol. The molecule has 0 heteroatoms. The molecule has 0 radical (unpaired) electrons. The molecule has 3 aliphatic carbocycles. The second kappa shape index (κ2) is 12.6. The molecule has 63 heavy (non-hydrogen) atoms. The normalized spacial score (nSPS) is 15.5. The van der Waals surface area contributed by atoms with Crippen LogP contribution in [-0.4, -0.2) is 0 Å². The highest BCUT2D eigenvalue weighted by atomic mass is 14.5. The largest absolute Gasteiger partial charge is 0.0619 e. The summed E-state index contributed by atoms with van der Waals surface area (Å²) in [6.07, 6.45) is 0. The molecule has 300 valence electrons. The molecule has 0 saturated carbocycles. The van der Waals surface area contributed by atoms with Crippen molar-refractivity contribution in [3.05, 3.63) is 215 Å². The van der Waals surface area contributed by atoms with Gasteiger partial charge in [-0.3, -0.25) is 0 Å². The van der Waals surface area contributed by atoms with Crippen LogP contribution in [0.25, 0.3) is 99.1 Å². The van der Waals surface area contributed by atoms with Gasteiger partial charge in [-0.15, -0.1) is 0 Å². The average Bonchev–Trinajstić information content (AvgIpc) is 3.79. The molecule has 0 unspecified atom stereocenters. The first-order valence-electron chi connectivity index (χ1n) is 22.7. The van der Waals surface area contributed by atoms with Crippen molar-refractivity contribution in [2.75, 3.05) is 0 Å². The maximum absolute atomic E-state index is 2.51. The topological polar surface area (TPSA) is 0 Å². The number of benzene rings is 10. The highest BCUT2D eigenvalue weighted by Crippen LogP contribution is 2.60. The Balaban J connectivity index is 0.932.